The van der Waals surface area contributed by atoms with Gasteiger partial charge in [-0.25, -0.2) is 8.42 Å². The zero-order valence-electron chi connectivity index (χ0n) is 12.6. The summed E-state index contributed by atoms with van der Waals surface area (Å²) < 4.78 is 22.7. The molecule has 0 unspecified atom stereocenters. The van der Waals surface area contributed by atoms with E-state index in [1.54, 1.807) is 6.92 Å². The minimum atomic E-state index is -3.09. The standard InChI is InChI=1S/C14H25NO5S/c1-2-21(19,20)9-8-15-12(16)10-14(11-13(17)18)6-4-3-5-7-14/h2-11H2,1H3,(H,15,16)(H,17,18). The Bertz CT molecular complexity index is 466. The molecule has 1 amide bonds. The molecule has 1 saturated carbocycles. The maximum Gasteiger partial charge on any atom is 0.303 e. The van der Waals surface area contributed by atoms with Gasteiger partial charge in [0.25, 0.3) is 0 Å². The third-order valence-electron chi connectivity index (χ3n) is 4.15. The predicted octanol–water partition coefficient (Wildman–Crippen LogP) is 1.35. The third-order valence-corrected chi connectivity index (χ3v) is 5.86. The van der Waals surface area contributed by atoms with Crippen molar-refractivity contribution in [2.24, 2.45) is 5.41 Å². The number of hydrogen-bond donors (Lipinski definition) is 2. The molecule has 1 fully saturated rings. The molecule has 6 nitrogen and oxygen atoms in total. The van der Waals surface area contributed by atoms with Gasteiger partial charge in [0.05, 0.1) is 12.2 Å². The van der Waals surface area contributed by atoms with Crippen LogP contribution in [0.2, 0.25) is 0 Å². The van der Waals surface area contributed by atoms with Gasteiger partial charge in [0.2, 0.25) is 5.91 Å². The summed E-state index contributed by atoms with van der Waals surface area (Å²) in [6.07, 6.45) is 4.66. The highest BCUT2D eigenvalue weighted by Crippen LogP contribution is 2.42. The van der Waals surface area contributed by atoms with Crippen LogP contribution in [0, 0.1) is 5.41 Å². The predicted molar refractivity (Wildman–Crippen MR) is 79.7 cm³/mol. The van der Waals surface area contributed by atoms with Crippen molar-refractivity contribution < 1.29 is 23.1 Å². The molecule has 0 aromatic rings. The van der Waals surface area contributed by atoms with Gasteiger partial charge in [0.15, 0.2) is 9.84 Å². The van der Waals surface area contributed by atoms with Crippen LogP contribution in [0.15, 0.2) is 0 Å². The maximum absolute atomic E-state index is 12.0. The van der Waals surface area contributed by atoms with E-state index in [9.17, 15) is 18.0 Å². The van der Waals surface area contributed by atoms with Crippen molar-refractivity contribution in [2.75, 3.05) is 18.1 Å². The van der Waals surface area contributed by atoms with Crippen LogP contribution < -0.4 is 5.32 Å². The van der Waals surface area contributed by atoms with E-state index in [-0.39, 0.29) is 36.8 Å². The van der Waals surface area contributed by atoms with Crippen LogP contribution in [-0.2, 0) is 19.4 Å². The lowest BCUT2D eigenvalue weighted by Gasteiger charge is -2.35. The highest BCUT2D eigenvalue weighted by atomic mass is 32.2. The lowest BCUT2D eigenvalue weighted by Crippen LogP contribution is -2.36. The van der Waals surface area contributed by atoms with Crippen LogP contribution in [0.4, 0.5) is 0 Å². The first-order valence-corrected chi connectivity index (χ1v) is 9.30. The van der Waals surface area contributed by atoms with Crippen LogP contribution >= 0.6 is 0 Å². The topological polar surface area (TPSA) is 101 Å². The number of rotatable bonds is 8. The van der Waals surface area contributed by atoms with Gasteiger partial charge in [-0.3, -0.25) is 9.59 Å². The third kappa shape index (κ3) is 6.46. The summed E-state index contributed by atoms with van der Waals surface area (Å²) in [5, 5.41) is 11.7. The number of aliphatic carboxylic acids is 1. The van der Waals surface area contributed by atoms with Crippen LogP contribution in [0.3, 0.4) is 0 Å². The number of sulfone groups is 1. The average molecular weight is 319 g/mol. The van der Waals surface area contributed by atoms with Crippen molar-refractivity contribution in [3.05, 3.63) is 0 Å². The Morgan fingerprint density at radius 2 is 1.76 bits per heavy atom. The van der Waals surface area contributed by atoms with Gasteiger partial charge in [-0.2, -0.15) is 0 Å². The lowest BCUT2D eigenvalue weighted by molar-refractivity contribution is -0.141. The second-order valence-corrected chi connectivity index (χ2v) is 8.37. The minimum Gasteiger partial charge on any atom is -0.481 e. The molecule has 0 spiro atoms. The summed E-state index contributed by atoms with van der Waals surface area (Å²) in [7, 11) is -3.09. The summed E-state index contributed by atoms with van der Waals surface area (Å²) >= 11 is 0. The lowest BCUT2D eigenvalue weighted by atomic mass is 9.69. The number of carbonyl (C=O) groups excluding carboxylic acids is 1. The SMILES string of the molecule is CCS(=O)(=O)CCNC(=O)CC1(CC(=O)O)CCCCC1. The summed E-state index contributed by atoms with van der Waals surface area (Å²) in [4.78, 5) is 23.0. The Labute approximate surface area is 126 Å². The van der Waals surface area contributed by atoms with Gasteiger partial charge in [-0.1, -0.05) is 26.2 Å². The van der Waals surface area contributed by atoms with Gasteiger partial charge in [0.1, 0.15) is 0 Å². The summed E-state index contributed by atoms with van der Waals surface area (Å²) in [6.45, 7) is 1.67. The fourth-order valence-electron chi connectivity index (χ4n) is 2.93. The fraction of sp³-hybridized carbons (Fsp3) is 0.857. The number of amides is 1. The highest BCUT2D eigenvalue weighted by molar-refractivity contribution is 7.91. The first kappa shape index (κ1) is 17.9. The van der Waals surface area contributed by atoms with Crippen molar-refractivity contribution in [2.45, 2.75) is 51.9 Å². The molecule has 2 N–H and O–H groups in total. The monoisotopic (exact) mass is 319 g/mol. The number of nitrogens with one attached hydrogen (secondary N) is 1. The molecule has 0 aliphatic heterocycles. The van der Waals surface area contributed by atoms with Crippen LogP contribution in [0.1, 0.15) is 51.9 Å². The van der Waals surface area contributed by atoms with Crippen molar-refractivity contribution in [3.8, 4) is 0 Å². The Kier molecular flexibility index (Phi) is 6.64. The normalized spacial score (nSPS) is 18.1. The highest BCUT2D eigenvalue weighted by Gasteiger charge is 2.36. The largest absolute Gasteiger partial charge is 0.481 e. The molecule has 1 aliphatic rings. The van der Waals surface area contributed by atoms with E-state index < -0.39 is 21.2 Å². The number of hydrogen-bond acceptors (Lipinski definition) is 4. The Morgan fingerprint density at radius 3 is 2.29 bits per heavy atom. The second-order valence-electron chi connectivity index (χ2n) is 5.89. The fourth-order valence-corrected chi connectivity index (χ4v) is 3.63. The molecule has 0 bridgehead atoms. The molecule has 0 aromatic heterocycles. The average Bonchev–Trinajstić information content (AvgIpc) is 2.38. The van der Waals surface area contributed by atoms with E-state index in [0.29, 0.717) is 0 Å². The van der Waals surface area contributed by atoms with E-state index in [2.05, 4.69) is 5.32 Å². The van der Waals surface area contributed by atoms with Crippen molar-refractivity contribution >= 4 is 21.7 Å². The van der Waals surface area contributed by atoms with Gasteiger partial charge in [-0.05, 0) is 18.3 Å². The molecular formula is C14H25NO5S. The molecule has 0 heterocycles. The number of carboxylic acids is 1. The molecule has 0 aromatic carbocycles. The molecular weight excluding hydrogens is 294 g/mol. The zero-order chi connectivity index (χ0) is 15.9. The maximum atomic E-state index is 12.0. The van der Waals surface area contributed by atoms with Gasteiger partial charge < -0.3 is 10.4 Å². The van der Waals surface area contributed by atoms with E-state index >= 15 is 0 Å². The van der Waals surface area contributed by atoms with Crippen molar-refractivity contribution in [1.29, 1.82) is 0 Å². The van der Waals surface area contributed by atoms with Crippen LogP contribution in [0.25, 0.3) is 0 Å². The molecule has 0 saturated heterocycles. The van der Waals surface area contributed by atoms with E-state index in [0.717, 1.165) is 32.1 Å². The molecule has 1 aliphatic carbocycles. The molecule has 122 valence electrons. The molecule has 0 atom stereocenters. The molecule has 21 heavy (non-hydrogen) atoms. The summed E-state index contributed by atoms with van der Waals surface area (Å²) in [6, 6.07) is 0. The number of carbonyl (C=O) groups is 2. The summed E-state index contributed by atoms with van der Waals surface area (Å²) in [5.74, 6) is -1.13. The minimum absolute atomic E-state index is 0.00762. The Morgan fingerprint density at radius 1 is 1.14 bits per heavy atom. The quantitative estimate of drug-likeness (QED) is 0.703. The molecule has 1 rings (SSSR count). The number of carboxylic acid groups (broad SMARTS) is 1. The van der Waals surface area contributed by atoms with Gasteiger partial charge >= 0.3 is 5.97 Å². The summed E-state index contributed by atoms with van der Waals surface area (Å²) in [5.41, 5.74) is -0.461. The Hall–Kier alpha value is -1.11. The van der Waals surface area contributed by atoms with Gasteiger partial charge in [0, 0.05) is 18.7 Å². The van der Waals surface area contributed by atoms with E-state index in [1.807, 2.05) is 0 Å². The Balaban J connectivity index is 2.51. The molecule has 0 radical (unpaired) electrons. The zero-order valence-corrected chi connectivity index (χ0v) is 13.4. The van der Waals surface area contributed by atoms with E-state index in [1.165, 1.54) is 0 Å². The van der Waals surface area contributed by atoms with Crippen molar-refractivity contribution in [3.63, 3.8) is 0 Å². The van der Waals surface area contributed by atoms with E-state index in [4.69, 9.17) is 5.11 Å². The van der Waals surface area contributed by atoms with Crippen LogP contribution in [0.5, 0.6) is 0 Å². The first-order valence-electron chi connectivity index (χ1n) is 7.47. The van der Waals surface area contributed by atoms with Crippen molar-refractivity contribution in [1.82, 2.24) is 5.32 Å². The van der Waals surface area contributed by atoms with Gasteiger partial charge in [-0.15, -0.1) is 0 Å². The smallest absolute Gasteiger partial charge is 0.303 e. The molecule has 7 heteroatoms. The first-order chi connectivity index (χ1) is 9.79. The van der Waals surface area contributed by atoms with Crippen LogP contribution in [-0.4, -0.2) is 43.5 Å². The second kappa shape index (κ2) is 7.77.